The van der Waals surface area contributed by atoms with E-state index in [-0.39, 0.29) is 30.0 Å². The lowest BCUT2D eigenvalue weighted by Crippen LogP contribution is -2.30. The maximum atomic E-state index is 12.2. The quantitative estimate of drug-likeness (QED) is 0.256. The Labute approximate surface area is 178 Å². The van der Waals surface area contributed by atoms with Crippen LogP contribution in [0.15, 0.2) is 51.7 Å². The zero-order chi connectivity index (χ0) is 22.4. The third kappa shape index (κ3) is 5.49. The van der Waals surface area contributed by atoms with Gasteiger partial charge in [0.25, 0.3) is 5.91 Å². The Morgan fingerprint density at radius 2 is 1.90 bits per heavy atom. The molecule has 0 bridgehead atoms. The first-order valence-corrected chi connectivity index (χ1v) is 9.64. The van der Waals surface area contributed by atoms with Gasteiger partial charge in [-0.1, -0.05) is 12.1 Å². The molecule has 8 heteroatoms. The zero-order valence-corrected chi connectivity index (χ0v) is 17.5. The van der Waals surface area contributed by atoms with Gasteiger partial charge in [0.2, 0.25) is 0 Å². The number of amides is 1. The lowest BCUT2D eigenvalue weighted by Gasteiger charge is -2.10. The minimum atomic E-state index is -0.788. The van der Waals surface area contributed by atoms with E-state index in [0.717, 1.165) is 11.1 Å². The van der Waals surface area contributed by atoms with Gasteiger partial charge in [-0.25, -0.2) is 9.59 Å². The van der Waals surface area contributed by atoms with Crippen molar-refractivity contribution in [3.63, 3.8) is 0 Å². The molecule has 0 fully saturated rings. The van der Waals surface area contributed by atoms with Crippen molar-refractivity contribution in [2.24, 2.45) is 0 Å². The molecule has 3 aromatic rings. The van der Waals surface area contributed by atoms with E-state index >= 15 is 0 Å². The molecule has 2 aromatic carbocycles. The Bertz CT molecular complexity index is 1170. The first-order chi connectivity index (χ1) is 14.9. The van der Waals surface area contributed by atoms with Gasteiger partial charge in [-0.2, -0.15) is 0 Å². The van der Waals surface area contributed by atoms with E-state index in [2.05, 4.69) is 5.32 Å². The Kier molecular flexibility index (Phi) is 7.04. The summed E-state index contributed by atoms with van der Waals surface area (Å²) in [4.78, 5) is 36.4. The fourth-order valence-corrected chi connectivity index (χ4v) is 2.85. The average molecular weight is 425 g/mol. The lowest BCUT2D eigenvalue weighted by molar-refractivity contribution is -0.136. The maximum Gasteiger partial charge on any atom is 0.349 e. The number of methoxy groups -OCH3 is 1. The van der Waals surface area contributed by atoms with Crippen LogP contribution < -0.4 is 20.4 Å². The van der Waals surface area contributed by atoms with Crippen molar-refractivity contribution in [1.29, 1.82) is 0 Å². The minimum Gasteiger partial charge on any atom is -0.482 e. The molecular weight excluding hydrogens is 402 g/mol. The van der Waals surface area contributed by atoms with Crippen LogP contribution in [0.4, 0.5) is 0 Å². The highest BCUT2D eigenvalue weighted by Gasteiger charge is 2.15. The summed E-state index contributed by atoms with van der Waals surface area (Å²) in [5.41, 5.74) is 1.30. The average Bonchev–Trinajstić information content (AvgIpc) is 2.74. The molecule has 0 spiro atoms. The first-order valence-electron chi connectivity index (χ1n) is 9.64. The number of carbonyl (C=O) groups is 2. The standard InChI is InChI=1S/C23H23NO7/c1-14-5-4-6-19(15(14)2)29-13-21(25)30-17-8-7-16-11-18(22(26)24-9-10-28-3)23(27)31-20(16)12-17/h4-8,11-12H,9-10,13H2,1-3H3,(H,24,26). The number of hydrogen-bond donors (Lipinski definition) is 1. The maximum absolute atomic E-state index is 12.2. The number of benzene rings is 2. The van der Waals surface area contributed by atoms with E-state index in [9.17, 15) is 14.4 Å². The Hall–Kier alpha value is -3.65. The molecule has 0 radical (unpaired) electrons. The van der Waals surface area contributed by atoms with Gasteiger partial charge in [0.05, 0.1) is 6.61 Å². The second kappa shape index (κ2) is 9.90. The number of ether oxygens (including phenoxy) is 3. The monoisotopic (exact) mass is 425 g/mol. The van der Waals surface area contributed by atoms with Crippen molar-refractivity contribution in [3.05, 3.63) is 69.6 Å². The highest BCUT2D eigenvalue weighted by atomic mass is 16.6. The van der Waals surface area contributed by atoms with Gasteiger partial charge in [0.1, 0.15) is 22.6 Å². The molecule has 0 aliphatic heterocycles. The van der Waals surface area contributed by atoms with E-state index in [1.165, 1.54) is 19.2 Å². The summed E-state index contributed by atoms with van der Waals surface area (Å²) in [5.74, 6) is -0.344. The molecule has 162 valence electrons. The van der Waals surface area contributed by atoms with Crippen LogP contribution in [0.25, 0.3) is 11.0 Å². The third-order valence-electron chi connectivity index (χ3n) is 4.68. The van der Waals surface area contributed by atoms with Gasteiger partial charge in [-0.15, -0.1) is 0 Å². The molecule has 1 N–H and O–H groups in total. The van der Waals surface area contributed by atoms with Crippen molar-refractivity contribution in [1.82, 2.24) is 5.32 Å². The largest absolute Gasteiger partial charge is 0.482 e. The summed E-state index contributed by atoms with van der Waals surface area (Å²) in [7, 11) is 1.51. The molecule has 3 rings (SSSR count). The van der Waals surface area contributed by atoms with Crippen LogP contribution in [0, 0.1) is 13.8 Å². The summed E-state index contributed by atoms with van der Waals surface area (Å²) in [5, 5.41) is 3.09. The first kappa shape index (κ1) is 22.0. The van der Waals surface area contributed by atoms with Gasteiger partial charge in [0.15, 0.2) is 6.61 Å². The van der Waals surface area contributed by atoms with Crippen molar-refractivity contribution in [2.75, 3.05) is 26.9 Å². The number of hydrogen-bond acceptors (Lipinski definition) is 7. The molecule has 1 aromatic heterocycles. The van der Waals surface area contributed by atoms with Gasteiger partial charge < -0.3 is 23.9 Å². The molecule has 0 aliphatic rings. The number of rotatable bonds is 8. The van der Waals surface area contributed by atoms with E-state index in [1.807, 2.05) is 26.0 Å². The van der Waals surface area contributed by atoms with Crippen LogP contribution in [0.3, 0.4) is 0 Å². The van der Waals surface area contributed by atoms with E-state index < -0.39 is 17.5 Å². The van der Waals surface area contributed by atoms with Crippen LogP contribution >= 0.6 is 0 Å². The highest BCUT2D eigenvalue weighted by molar-refractivity contribution is 5.96. The third-order valence-corrected chi connectivity index (χ3v) is 4.68. The van der Waals surface area contributed by atoms with Crippen molar-refractivity contribution >= 4 is 22.8 Å². The fourth-order valence-electron chi connectivity index (χ4n) is 2.85. The summed E-state index contributed by atoms with van der Waals surface area (Å²) >= 11 is 0. The molecule has 1 heterocycles. The van der Waals surface area contributed by atoms with Gasteiger partial charge in [-0.3, -0.25) is 4.79 Å². The van der Waals surface area contributed by atoms with Crippen molar-refractivity contribution < 1.29 is 28.2 Å². The molecule has 8 nitrogen and oxygen atoms in total. The number of esters is 1. The van der Waals surface area contributed by atoms with Gasteiger partial charge >= 0.3 is 11.6 Å². The minimum absolute atomic E-state index is 0.115. The van der Waals surface area contributed by atoms with E-state index in [4.69, 9.17) is 18.6 Å². The summed E-state index contributed by atoms with van der Waals surface area (Å²) in [6.07, 6.45) is 0. The van der Waals surface area contributed by atoms with E-state index in [0.29, 0.717) is 17.7 Å². The molecular formula is C23H23NO7. The normalized spacial score (nSPS) is 10.7. The van der Waals surface area contributed by atoms with Crippen molar-refractivity contribution in [2.45, 2.75) is 13.8 Å². The van der Waals surface area contributed by atoms with Crippen LogP contribution in [-0.4, -0.2) is 38.7 Å². The van der Waals surface area contributed by atoms with Gasteiger partial charge in [0, 0.05) is 25.1 Å². The molecule has 0 aliphatic carbocycles. The molecule has 1 amide bonds. The van der Waals surface area contributed by atoms with Gasteiger partial charge in [-0.05, 0) is 49.2 Å². The summed E-state index contributed by atoms with van der Waals surface area (Å²) in [6, 6.07) is 11.6. The van der Waals surface area contributed by atoms with Crippen LogP contribution in [-0.2, 0) is 9.53 Å². The molecule has 0 saturated heterocycles. The Morgan fingerprint density at radius 3 is 2.68 bits per heavy atom. The molecule has 0 saturated carbocycles. The fraction of sp³-hybridized carbons (Fsp3) is 0.261. The smallest absolute Gasteiger partial charge is 0.349 e. The molecule has 0 atom stereocenters. The predicted molar refractivity (Wildman–Crippen MR) is 114 cm³/mol. The number of carbonyl (C=O) groups excluding carboxylic acids is 2. The number of aryl methyl sites for hydroxylation is 1. The lowest BCUT2D eigenvalue weighted by atomic mass is 10.1. The second-order valence-corrected chi connectivity index (χ2v) is 6.86. The van der Waals surface area contributed by atoms with Crippen LogP contribution in [0.2, 0.25) is 0 Å². The van der Waals surface area contributed by atoms with E-state index in [1.54, 1.807) is 18.2 Å². The Balaban J connectivity index is 1.68. The SMILES string of the molecule is COCCNC(=O)c1cc2ccc(OC(=O)COc3cccc(C)c3C)cc2oc1=O. The summed E-state index contributed by atoms with van der Waals surface area (Å²) in [6.45, 7) is 4.19. The van der Waals surface area contributed by atoms with Crippen molar-refractivity contribution in [3.8, 4) is 11.5 Å². The van der Waals surface area contributed by atoms with Crippen LogP contribution in [0.5, 0.6) is 11.5 Å². The second-order valence-electron chi connectivity index (χ2n) is 6.86. The van der Waals surface area contributed by atoms with Crippen LogP contribution in [0.1, 0.15) is 21.5 Å². The number of fused-ring (bicyclic) bond motifs is 1. The number of nitrogens with one attached hydrogen (secondary N) is 1. The Morgan fingerprint density at radius 1 is 1.10 bits per heavy atom. The topological polar surface area (TPSA) is 104 Å². The molecule has 0 unspecified atom stereocenters. The summed E-state index contributed by atoms with van der Waals surface area (Å²) < 4.78 is 20.9. The highest BCUT2D eigenvalue weighted by Crippen LogP contribution is 2.22. The predicted octanol–water partition coefficient (Wildman–Crippen LogP) is 2.77. The molecule has 31 heavy (non-hydrogen) atoms. The zero-order valence-electron chi connectivity index (χ0n) is 17.5.